The van der Waals surface area contributed by atoms with Crippen LogP contribution in [0.2, 0.25) is 5.02 Å². The third-order valence-electron chi connectivity index (χ3n) is 8.64. The molecule has 42 heavy (non-hydrogen) atoms. The molecule has 0 radical (unpaired) electrons. The van der Waals surface area contributed by atoms with Gasteiger partial charge in [-0.2, -0.15) is 0 Å². The van der Waals surface area contributed by atoms with E-state index in [-0.39, 0.29) is 47.3 Å². The molecule has 0 bridgehead atoms. The lowest BCUT2D eigenvalue weighted by Crippen LogP contribution is -2.65. The lowest BCUT2D eigenvalue weighted by molar-refractivity contribution is -0.153. The van der Waals surface area contributed by atoms with Crippen LogP contribution in [0.25, 0.3) is 5.76 Å². The number of ketones is 2. The minimum absolute atomic E-state index is 0.0246. The Labute approximate surface area is 246 Å². The van der Waals surface area contributed by atoms with Crippen molar-refractivity contribution in [1.82, 2.24) is 10.2 Å². The summed E-state index contributed by atoms with van der Waals surface area (Å²) in [6.45, 7) is -0.0313. The van der Waals surface area contributed by atoms with E-state index in [0.29, 0.717) is 11.3 Å². The summed E-state index contributed by atoms with van der Waals surface area (Å²) in [5.41, 5.74) is 1.89. The minimum Gasteiger partial charge on any atom is -0.508 e. The van der Waals surface area contributed by atoms with Crippen molar-refractivity contribution in [2.75, 3.05) is 45.0 Å². The number of carbonyl (C=O) groups excluding carboxylic acids is 4. The number of fused-ring (bicyclic) bond motifs is 3. The fraction of sp³-hybridized carbons (Fsp3) is 0.500. The molecule has 2 amide bonds. The highest BCUT2D eigenvalue weighted by molar-refractivity contribution is 6.37. The van der Waals surface area contributed by atoms with Gasteiger partial charge in [0.15, 0.2) is 17.1 Å². The number of phenolic OH excluding ortho intramolecular Hbond substituents is 1. The van der Waals surface area contributed by atoms with E-state index in [4.69, 9.17) is 17.3 Å². The van der Waals surface area contributed by atoms with Gasteiger partial charge in [0.25, 0.3) is 5.91 Å². The summed E-state index contributed by atoms with van der Waals surface area (Å²) >= 11 is 6.72. The summed E-state index contributed by atoms with van der Waals surface area (Å²) in [7, 11) is 6.45. The zero-order chi connectivity index (χ0) is 31.0. The Kier molecular flexibility index (Phi) is 7.29. The number of aromatic hydroxyl groups is 1. The Morgan fingerprint density at radius 3 is 2.31 bits per heavy atom. The molecule has 14 heteroatoms. The summed E-state index contributed by atoms with van der Waals surface area (Å²) < 4.78 is 0. The average molecular weight is 604 g/mol. The maximum Gasteiger partial charge on any atom is 0.255 e. The monoisotopic (exact) mass is 603 g/mol. The summed E-state index contributed by atoms with van der Waals surface area (Å²) in [6.07, 6.45) is 1.93. The molecule has 1 aromatic carbocycles. The summed E-state index contributed by atoms with van der Waals surface area (Å²) in [5, 5.41) is 51.4. The third-order valence-corrected chi connectivity index (χ3v) is 9.01. The number of benzene rings is 1. The summed E-state index contributed by atoms with van der Waals surface area (Å²) in [4.78, 5) is 55.2. The van der Waals surface area contributed by atoms with E-state index >= 15 is 0 Å². The molecule has 4 aliphatic carbocycles. The zero-order valence-electron chi connectivity index (χ0n) is 23.6. The number of aliphatic hydroxyl groups excluding tert-OH is 2. The van der Waals surface area contributed by atoms with Gasteiger partial charge in [0.05, 0.1) is 28.9 Å². The van der Waals surface area contributed by atoms with E-state index in [1.165, 1.54) is 19.0 Å². The molecule has 8 N–H and O–H groups in total. The van der Waals surface area contributed by atoms with Crippen LogP contribution in [0, 0.1) is 11.8 Å². The van der Waals surface area contributed by atoms with Crippen LogP contribution in [0.15, 0.2) is 16.9 Å². The predicted octanol–water partition coefficient (Wildman–Crippen LogP) is 0.374. The van der Waals surface area contributed by atoms with Crippen molar-refractivity contribution in [3.05, 3.63) is 33.1 Å². The number of anilines is 2. The maximum absolute atomic E-state index is 14.1. The van der Waals surface area contributed by atoms with Crippen LogP contribution in [0.4, 0.5) is 11.4 Å². The van der Waals surface area contributed by atoms with Gasteiger partial charge in [0.1, 0.15) is 22.8 Å². The Hall–Kier alpha value is -3.65. The number of rotatable bonds is 7. The van der Waals surface area contributed by atoms with E-state index in [9.17, 15) is 39.6 Å². The normalized spacial score (nSPS) is 27.1. The van der Waals surface area contributed by atoms with Crippen molar-refractivity contribution >= 4 is 52.1 Å². The number of nitrogens with zero attached hydrogens (tertiary/aromatic N) is 2. The Balaban J connectivity index is 1.68. The van der Waals surface area contributed by atoms with Crippen LogP contribution in [-0.4, -0.2) is 101 Å². The first-order valence-corrected chi connectivity index (χ1v) is 13.9. The highest BCUT2D eigenvalue weighted by Crippen LogP contribution is 2.56. The van der Waals surface area contributed by atoms with Gasteiger partial charge in [-0.25, -0.2) is 0 Å². The van der Waals surface area contributed by atoms with Gasteiger partial charge >= 0.3 is 0 Å². The van der Waals surface area contributed by atoms with Crippen molar-refractivity contribution in [2.45, 2.75) is 43.4 Å². The van der Waals surface area contributed by atoms with E-state index in [1.54, 1.807) is 19.0 Å². The molecule has 2 fully saturated rings. The largest absolute Gasteiger partial charge is 0.508 e. The molecular weight excluding hydrogens is 570 g/mol. The quantitative estimate of drug-likeness (QED) is 0.167. The number of carbonyl (C=O) groups is 4. The first-order chi connectivity index (χ1) is 19.6. The molecule has 0 saturated heterocycles. The number of amides is 2. The van der Waals surface area contributed by atoms with Crippen molar-refractivity contribution in [1.29, 1.82) is 0 Å². The second kappa shape index (κ2) is 10.3. The highest BCUT2D eigenvalue weighted by Gasteiger charge is 2.64. The molecule has 4 atom stereocenters. The molecule has 2 saturated carbocycles. The van der Waals surface area contributed by atoms with Crippen LogP contribution in [0.3, 0.4) is 0 Å². The van der Waals surface area contributed by atoms with Gasteiger partial charge in [-0.1, -0.05) is 11.6 Å². The van der Waals surface area contributed by atoms with E-state index in [1.807, 2.05) is 0 Å². The van der Waals surface area contributed by atoms with Gasteiger partial charge in [0.2, 0.25) is 11.7 Å². The topological polar surface area (TPSA) is 206 Å². The van der Waals surface area contributed by atoms with Crippen LogP contribution >= 0.6 is 11.6 Å². The lowest BCUT2D eigenvalue weighted by atomic mass is 9.57. The molecule has 13 nitrogen and oxygen atoms in total. The summed E-state index contributed by atoms with van der Waals surface area (Å²) in [6, 6.07) is -0.935. The van der Waals surface area contributed by atoms with Crippen molar-refractivity contribution in [3.8, 4) is 5.75 Å². The fourth-order valence-electron chi connectivity index (χ4n) is 6.62. The summed E-state index contributed by atoms with van der Waals surface area (Å²) in [5.74, 6) is -8.10. The molecule has 226 valence electrons. The molecule has 3 unspecified atom stereocenters. The number of halogens is 1. The van der Waals surface area contributed by atoms with E-state index in [2.05, 4.69) is 10.6 Å². The van der Waals surface area contributed by atoms with Crippen LogP contribution in [0.1, 0.15) is 30.4 Å². The highest BCUT2D eigenvalue weighted by atomic mass is 35.5. The number of nitrogens with two attached hydrogens (primary N) is 1. The predicted molar refractivity (Wildman–Crippen MR) is 153 cm³/mol. The van der Waals surface area contributed by atoms with Crippen molar-refractivity contribution in [3.63, 3.8) is 0 Å². The molecule has 0 aliphatic heterocycles. The van der Waals surface area contributed by atoms with Gasteiger partial charge in [-0.3, -0.25) is 24.1 Å². The standard InChI is InChI=1S/C28H34ClN5O8/c1-33(2)20-12-7-10-8-13-21(34(3)4)24(38)17(27(30)41)26(40)28(13,42)25(39)15(10)22(36)16(12)23(37)19(18(20)29)32-14(35)9-31-11-5-6-11/h10-11,13,21,31,36-37,40,42H,5-9H2,1-4H3,(H2,30,41)(H,32,35)/t10?,13?,21-,28?/m0/s1. The van der Waals surface area contributed by atoms with Crippen LogP contribution in [-0.2, 0) is 25.6 Å². The van der Waals surface area contributed by atoms with Crippen molar-refractivity contribution in [2.24, 2.45) is 17.6 Å². The van der Waals surface area contributed by atoms with E-state index in [0.717, 1.165) is 12.8 Å². The zero-order valence-corrected chi connectivity index (χ0v) is 24.4. The fourth-order valence-corrected chi connectivity index (χ4v) is 7.04. The molecule has 0 spiro atoms. The molecule has 1 aromatic rings. The third kappa shape index (κ3) is 4.34. The maximum atomic E-state index is 14.1. The van der Waals surface area contributed by atoms with E-state index < -0.39 is 69.7 Å². The Bertz CT molecular complexity index is 1500. The number of Topliss-reactive ketones (excluding diaryl/α,β-unsaturated/α-hetero) is 2. The molecular formula is C28H34ClN5O8. The second-order valence-electron chi connectivity index (χ2n) is 11.8. The SMILES string of the molecule is CN(C)c1c(Cl)c(NC(=O)CNC2CC2)c(O)c2c1CC1CC3[C@H](N(C)C)C(=O)C(C(N)=O)=C(O)C3(O)C(=O)C1=C2O. The molecule has 0 heterocycles. The first-order valence-electron chi connectivity index (χ1n) is 13.5. The van der Waals surface area contributed by atoms with Gasteiger partial charge in [-0.15, -0.1) is 0 Å². The van der Waals surface area contributed by atoms with Crippen molar-refractivity contribution < 1.29 is 39.6 Å². The van der Waals surface area contributed by atoms with Gasteiger partial charge in [0, 0.05) is 31.6 Å². The molecule has 0 aromatic heterocycles. The Morgan fingerprint density at radius 2 is 1.76 bits per heavy atom. The molecule has 4 aliphatic rings. The van der Waals surface area contributed by atoms with Crippen LogP contribution < -0.4 is 21.3 Å². The second-order valence-corrected chi connectivity index (χ2v) is 12.2. The number of hydrogen-bond donors (Lipinski definition) is 7. The van der Waals surface area contributed by atoms with Gasteiger partial charge in [-0.05, 0) is 51.3 Å². The number of hydrogen-bond acceptors (Lipinski definition) is 11. The number of phenols is 1. The smallest absolute Gasteiger partial charge is 0.255 e. The number of likely N-dealkylation sites (N-methyl/N-ethyl adjacent to an activating group) is 1. The minimum atomic E-state index is -2.75. The number of aliphatic hydroxyl groups is 3. The lowest BCUT2D eigenvalue weighted by Gasteiger charge is -2.50. The van der Waals surface area contributed by atoms with Crippen LogP contribution in [0.5, 0.6) is 5.75 Å². The average Bonchev–Trinajstić information content (AvgIpc) is 3.71. The number of nitrogens with one attached hydrogen (secondary N) is 2. The first kappa shape index (κ1) is 29.8. The number of primary amides is 1. The Morgan fingerprint density at radius 1 is 1.12 bits per heavy atom. The molecule has 5 rings (SSSR count). The van der Waals surface area contributed by atoms with Gasteiger partial charge < -0.3 is 41.7 Å².